The van der Waals surface area contributed by atoms with E-state index in [4.69, 9.17) is 19.0 Å². The molecule has 3 fully saturated rings. The summed E-state index contributed by atoms with van der Waals surface area (Å²) in [4.78, 5) is 19.5. The van der Waals surface area contributed by atoms with Crippen molar-refractivity contribution in [1.29, 1.82) is 0 Å². The molecule has 0 spiro atoms. The van der Waals surface area contributed by atoms with Gasteiger partial charge in [0.1, 0.15) is 17.3 Å². The second-order valence-corrected chi connectivity index (χ2v) is 12.5. The molecule has 0 N–H and O–H groups in total. The van der Waals surface area contributed by atoms with Crippen LogP contribution < -0.4 is 4.90 Å². The lowest BCUT2D eigenvalue weighted by atomic mass is 10.00. The van der Waals surface area contributed by atoms with Crippen LogP contribution in [0.25, 0.3) is 21.5 Å². The summed E-state index contributed by atoms with van der Waals surface area (Å²) < 4.78 is 33.5. The number of piperidine rings is 1. The Labute approximate surface area is 237 Å². The highest BCUT2D eigenvalue weighted by molar-refractivity contribution is 9.10. The van der Waals surface area contributed by atoms with Gasteiger partial charge in [0.05, 0.1) is 35.6 Å². The molecule has 2 aromatic carbocycles. The van der Waals surface area contributed by atoms with Crippen LogP contribution in [0.4, 0.5) is 9.52 Å². The SMILES string of the molecule is COC(=O)c1cc(Br)c2nc(N3[C@@H]4CC[C@H]3CC(OCc3c(-c5ccccc5F)noc3C3CC3)C4)sc2c1. The molecule has 7 rings (SSSR count). The second kappa shape index (κ2) is 9.98. The molecule has 1 aliphatic carbocycles. The number of carbonyl (C=O) groups is 1. The van der Waals surface area contributed by atoms with Crippen molar-refractivity contribution in [1.82, 2.24) is 10.1 Å². The van der Waals surface area contributed by atoms with Crippen molar-refractivity contribution in [2.24, 2.45) is 0 Å². The maximum atomic E-state index is 14.6. The Morgan fingerprint density at radius 2 is 1.95 bits per heavy atom. The zero-order valence-corrected chi connectivity index (χ0v) is 23.8. The smallest absolute Gasteiger partial charge is 0.337 e. The van der Waals surface area contributed by atoms with Gasteiger partial charge in [-0.2, -0.15) is 0 Å². The minimum absolute atomic E-state index is 0.0983. The Kier molecular flexibility index (Phi) is 6.44. The van der Waals surface area contributed by atoms with Crippen molar-refractivity contribution in [3.05, 3.63) is 63.6 Å². The first-order chi connectivity index (χ1) is 19.0. The van der Waals surface area contributed by atoms with Crippen LogP contribution in [-0.4, -0.2) is 41.4 Å². The van der Waals surface area contributed by atoms with Crippen LogP contribution in [-0.2, 0) is 16.1 Å². The van der Waals surface area contributed by atoms with Gasteiger partial charge in [0.2, 0.25) is 0 Å². The Bertz CT molecular complexity index is 1550. The summed E-state index contributed by atoms with van der Waals surface area (Å²) in [5, 5.41) is 5.26. The molecule has 3 atom stereocenters. The summed E-state index contributed by atoms with van der Waals surface area (Å²) in [6.45, 7) is 0.369. The quantitative estimate of drug-likeness (QED) is 0.204. The number of halogens is 2. The van der Waals surface area contributed by atoms with Gasteiger partial charge < -0.3 is 18.9 Å². The predicted molar refractivity (Wildman–Crippen MR) is 150 cm³/mol. The first-order valence-corrected chi connectivity index (χ1v) is 14.9. The fraction of sp³-hybridized carbons (Fsp3) is 0.414. The number of benzene rings is 2. The minimum atomic E-state index is -0.360. The average molecular weight is 613 g/mol. The first-order valence-electron chi connectivity index (χ1n) is 13.3. The summed E-state index contributed by atoms with van der Waals surface area (Å²) in [6, 6.07) is 11.0. The molecule has 0 radical (unpaired) electrons. The van der Waals surface area contributed by atoms with Gasteiger partial charge in [0.25, 0.3) is 0 Å². The van der Waals surface area contributed by atoms with Crippen LogP contribution in [0.15, 0.2) is 45.4 Å². The lowest BCUT2D eigenvalue weighted by Gasteiger charge is -2.38. The van der Waals surface area contributed by atoms with Crippen molar-refractivity contribution in [2.75, 3.05) is 12.0 Å². The lowest BCUT2D eigenvalue weighted by molar-refractivity contribution is 0.0147. The number of methoxy groups -OCH3 is 1. The van der Waals surface area contributed by atoms with Crippen LogP contribution in [0.5, 0.6) is 0 Å². The van der Waals surface area contributed by atoms with Crippen molar-refractivity contribution >= 4 is 48.6 Å². The average Bonchev–Trinajstić information content (AvgIpc) is 3.45. The number of hydrogen-bond acceptors (Lipinski definition) is 8. The third-order valence-corrected chi connectivity index (χ3v) is 9.75. The number of carbonyl (C=O) groups excluding carboxylic acids is 1. The number of rotatable bonds is 7. The van der Waals surface area contributed by atoms with Gasteiger partial charge in [-0.05, 0) is 78.7 Å². The molecule has 1 unspecified atom stereocenters. The van der Waals surface area contributed by atoms with E-state index in [0.29, 0.717) is 41.4 Å². The van der Waals surface area contributed by atoms with Gasteiger partial charge in [0.15, 0.2) is 5.13 Å². The molecular weight excluding hydrogens is 585 g/mol. The topological polar surface area (TPSA) is 77.7 Å². The fourth-order valence-corrected chi connectivity index (χ4v) is 7.95. The molecule has 1 saturated carbocycles. The molecule has 202 valence electrons. The molecule has 2 aromatic heterocycles. The van der Waals surface area contributed by atoms with E-state index >= 15 is 0 Å². The van der Waals surface area contributed by atoms with E-state index in [1.54, 1.807) is 29.5 Å². The van der Waals surface area contributed by atoms with Crippen molar-refractivity contribution in [3.63, 3.8) is 0 Å². The van der Waals surface area contributed by atoms with Crippen molar-refractivity contribution in [3.8, 4) is 11.3 Å². The molecule has 2 saturated heterocycles. The normalized spacial score (nSPS) is 22.5. The second-order valence-electron chi connectivity index (χ2n) is 10.6. The predicted octanol–water partition coefficient (Wildman–Crippen LogP) is 7.23. The third kappa shape index (κ3) is 4.56. The maximum Gasteiger partial charge on any atom is 0.337 e. The largest absolute Gasteiger partial charge is 0.465 e. The molecule has 4 heterocycles. The van der Waals surface area contributed by atoms with E-state index in [1.807, 2.05) is 12.1 Å². The number of aromatic nitrogens is 2. The Morgan fingerprint density at radius 3 is 2.67 bits per heavy atom. The number of nitrogens with zero attached hydrogens (tertiary/aromatic N) is 3. The maximum absolute atomic E-state index is 14.6. The summed E-state index contributed by atoms with van der Waals surface area (Å²) in [5.41, 5.74) is 3.27. The molecule has 0 amide bonds. The van der Waals surface area contributed by atoms with Gasteiger partial charge in [-0.25, -0.2) is 14.2 Å². The Hall–Kier alpha value is -2.82. The molecule has 2 aliphatic heterocycles. The zero-order chi connectivity index (χ0) is 26.7. The minimum Gasteiger partial charge on any atom is -0.465 e. The van der Waals surface area contributed by atoms with Crippen LogP contribution >= 0.6 is 27.3 Å². The molecule has 10 heteroatoms. The van der Waals surface area contributed by atoms with Gasteiger partial charge in [-0.1, -0.05) is 28.6 Å². The number of fused-ring (bicyclic) bond motifs is 3. The Morgan fingerprint density at radius 1 is 1.18 bits per heavy atom. The molecule has 39 heavy (non-hydrogen) atoms. The van der Waals surface area contributed by atoms with Gasteiger partial charge in [0, 0.05) is 33.6 Å². The number of esters is 1. The van der Waals surface area contributed by atoms with Gasteiger partial charge in [-0.3, -0.25) is 0 Å². The molecular formula is C29H27BrFN3O4S. The number of hydrogen-bond donors (Lipinski definition) is 0. The molecule has 4 aromatic rings. The van der Waals surface area contributed by atoms with Crippen LogP contribution in [0, 0.1) is 5.82 Å². The Balaban J connectivity index is 1.10. The van der Waals surface area contributed by atoms with Gasteiger partial charge >= 0.3 is 5.97 Å². The zero-order valence-electron chi connectivity index (χ0n) is 21.4. The van der Waals surface area contributed by atoms with E-state index in [1.165, 1.54) is 13.2 Å². The van der Waals surface area contributed by atoms with E-state index < -0.39 is 0 Å². The highest BCUT2D eigenvalue weighted by Gasteiger charge is 2.43. The van der Waals surface area contributed by atoms with E-state index in [-0.39, 0.29) is 17.9 Å². The first kappa shape index (κ1) is 25.2. The molecule has 2 bridgehead atoms. The molecule has 7 nitrogen and oxygen atoms in total. The van der Waals surface area contributed by atoms with Crippen molar-refractivity contribution in [2.45, 2.75) is 69.2 Å². The summed E-state index contributed by atoms with van der Waals surface area (Å²) in [7, 11) is 1.39. The number of ether oxygens (including phenoxy) is 2. The van der Waals surface area contributed by atoms with Gasteiger partial charge in [-0.15, -0.1) is 0 Å². The monoisotopic (exact) mass is 611 g/mol. The summed E-state index contributed by atoms with van der Waals surface area (Å²) in [5.74, 6) is 0.538. The number of anilines is 1. The fourth-order valence-electron chi connectivity index (χ4n) is 6.09. The van der Waals surface area contributed by atoms with Crippen LogP contribution in [0.2, 0.25) is 0 Å². The lowest BCUT2D eigenvalue weighted by Crippen LogP contribution is -2.45. The summed E-state index contributed by atoms with van der Waals surface area (Å²) >= 11 is 5.20. The van der Waals surface area contributed by atoms with Crippen LogP contribution in [0.3, 0.4) is 0 Å². The third-order valence-electron chi connectivity index (χ3n) is 8.13. The van der Waals surface area contributed by atoms with E-state index in [9.17, 15) is 9.18 Å². The summed E-state index contributed by atoms with van der Waals surface area (Å²) in [6.07, 6.45) is 6.23. The highest BCUT2D eigenvalue weighted by Crippen LogP contribution is 2.46. The standard InChI is InChI=1S/C29H27BrFN3O4S/c1-36-28(35)16-10-22(30)26-24(11-16)39-29(32-26)34-17-8-9-18(34)13-19(12-17)37-14-21-25(20-4-2-3-5-23(20)31)33-38-27(21)15-6-7-15/h2-5,10-11,15,17-19H,6-9,12-14H2,1H3/t17-,18+,19?. The highest BCUT2D eigenvalue weighted by atomic mass is 79.9. The number of thiazole rings is 1. The van der Waals surface area contributed by atoms with Crippen LogP contribution in [0.1, 0.15) is 66.1 Å². The van der Waals surface area contributed by atoms with E-state index in [0.717, 1.165) is 69.7 Å². The van der Waals surface area contributed by atoms with E-state index in [2.05, 4.69) is 26.0 Å². The van der Waals surface area contributed by atoms with Crippen molar-refractivity contribution < 1.29 is 23.2 Å². The molecule has 3 aliphatic rings.